The van der Waals surface area contributed by atoms with Gasteiger partial charge < -0.3 is 14.7 Å². The van der Waals surface area contributed by atoms with Crippen LogP contribution >= 0.6 is 22.7 Å². The molecule has 0 radical (unpaired) electrons. The zero-order valence-corrected chi connectivity index (χ0v) is 27.8. The SMILES string of the molecule is C=CCOC(=O)/C(C#N)=c1\sc(=Cc2c[nH]c3ccccc23)c(=O)n1CC.CCn1c(=O)c(=Cc2c[nH]c3ccccc23)s/c1=C/C#N. The molecule has 0 spiro atoms. The molecular weight excluding hydrogens is 645 g/mol. The quantitative estimate of drug-likeness (QED) is 0.196. The van der Waals surface area contributed by atoms with Gasteiger partial charge in [0.25, 0.3) is 11.1 Å². The molecule has 0 amide bonds. The molecule has 0 saturated carbocycles. The number of rotatable bonds is 7. The number of carbonyl (C=O) groups excluding carboxylic acids is 1. The van der Waals surface area contributed by atoms with E-state index in [0.29, 0.717) is 31.5 Å². The van der Waals surface area contributed by atoms with Crippen molar-refractivity contribution >= 4 is 74.2 Å². The lowest BCUT2D eigenvalue weighted by atomic mass is 10.2. The van der Waals surface area contributed by atoms with Gasteiger partial charge in [0.1, 0.15) is 22.0 Å². The Hall–Kier alpha value is -5.95. The summed E-state index contributed by atoms with van der Waals surface area (Å²) in [4.78, 5) is 43.7. The summed E-state index contributed by atoms with van der Waals surface area (Å²) in [5.41, 5.74) is 3.39. The second-order valence-electron chi connectivity index (χ2n) is 10.2. The number of nitrogens with one attached hydrogen (secondary N) is 2. The third kappa shape index (κ3) is 6.76. The summed E-state index contributed by atoms with van der Waals surface area (Å²) in [5.74, 6) is -0.764. The topological polar surface area (TPSA) is 149 Å². The van der Waals surface area contributed by atoms with E-state index >= 15 is 0 Å². The molecule has 12 heteroatoms. The highest BCUT2D eigenvalue weighted by molar-refractivity contribution is 7.07. The molecule has 6 rings (SSSR count). The molecule has 0 unspecified atom stereocenters. The van der Waals surface area contributed by atoms with Crippen molar-refractivity contribution in [3.05, 3.63) is 124 Å². The molecule has 48 heavy (non-hydrogen) atoms. The monoisotopic (exact) mass is 674 g/mol. The van der Waals surface area contributed by atoms with E-state index < -0.39 is 5.97 Å². The molecular formula is C36H30N6O4S2. The first-order chi connectivity index (χ1) is 23.3. The minimum Gasteiger partial charge on any atom is -0.457 e. The summed E-state index contributed by atoms with van der Waals surface area (Å²) in [6.45, 7) is 8.07. The number of fused-ring (bicyclic) bond motifs is 2. The third-order valence-corrected chi connectivity index (χ3v) is 9.53. The van der Waals surface area contributed by atoms with Crippen molar-refractivity contribution in [2.24, 2.45) is 0 Å². The Balaban J connectivity index is 0.000000194. The van der Waals surface area contributed by atoms with Gasteiger partial charge in [-0.25, -0.2) is 4.79 Å². The number of aromatic nitrogens is 4. The highest BCUT2D eigenvalue weighted by atomic mass is 32.1. The molecule has 0 bridgehead atoms. The van der Waals surface area contributed by atoms with Gasteiger partial charge >= 0.3 is 5.97 Å². The summed E-state index contributed by atoms with van der Waals surface area (Å²) in [6.07, 6.45) is 10.2. The van der Waals surface area contributed by atoms with Gasteiger partial charge in [-0.15, -0.1) is 22.7 Å². The minimum absolute atomic E-state index is 0.0000667. The molecule has 0 fully saturated rings. The lowest BCUT2D eigenvalue weighted by molar-refractivity contribution is -0.135. The number of thiazole rings is 2. The van der Waals surface area contributed by atoms with Crippen LogP contribution < -0.4 is 29.5 Å². The van der Waals surface area contributed by atoms with E-state index in [1.54, 1.807) is 17.6 Å². The predicted octanol–water partition coefficient (Wildman–Crippen LogP) is 3.19. The van der Waals surface area contributed by atoms with Crippen LogP contribution in [-0.2, 0) is 22.6 Å². The smallest absolute Gasteiger partial charge is 0.352 e. The Bertz CT molecular complexity index is 2620. The second kappa shape index (κ2) is 15.1. The normalized spacial score (nSPS) is 12.8. The van der Waals surface area contributed by atoms with Crippen LogP contribution in [0.2, 0.25) is 0 Å². The largest absolute Gasteiger partial charge is 0.457 e. The van der Waals surface area contributed by atoms with E-state index in [0.717, 1.165) is 44.3 Å². The van der Waals surface area contributed by atoms with Crippen LogP contribution in [0.4, 0.5) is 0 Å². The van der Waals surface area contributed by atoms with Crippen molar-refractivity contribution in [3.8, 4) is 12.1 Å². The van der Waals surface area contributed by atoms with E-state index in [9.17, 15) is 19.6 Å². The molecule has 240 valence electrons. The molecule has 4 heterocycles. The first kappa shape index (κ1) is 33.4. The van der Waals surface area contributed by atoms with Crippen molar-refractivity contribution in [1.82, 2.24) is 19.1 Å². The molecule has 10 nitrogen and oxygen atoms in total. The molecule has 2 N–H and O–H groups in total. The van der Waals surface area contributed by atoms with Crippen LogP contribution in [0.25, 0.3) is 45.6 Å². The summed E-state index contributed by atoms with van der Waals surface area (Å²) < 4.78 is 10.1. The third-order valence-electron chi connectivity index (χ3n) is 7.34. The molecule has 6 aromatic rings. The van der Waals surface area contributed by atoms with E-state index in [1.807, 2.05) is 86.1 Å². The van der Waals surface area contributed by atoms with Crippen LogP contribution in [0.3, 0.4) is 0 Å². The number of aromatic amines is 2. The summed E-state index contributed by atoms with van der Waals surface area (Å²) in [5, 5.41) is 20.3. The fraction of sp³-hybridized carbons (Fsp3) is 0.139. The Morgan fingerprint density at radius 3 is 1.94 bits per heavy atom. The zero-order valence-electron chi connectivity index (χ0n) is 26.1. The fourth-order valence-corrected chi connectivity index (χ4v) is 7.27. The van der Waals surface area contributed by atoms with Gasteiger partial charge in [0.15, 0.2) is 5.57 Å². The Morgan fingerprint density at radius 2 is 1.42 bits per heavy atom. The van der Waals surface area contributed by atoms with Gasteiger partial charge in [-0.2, -0.15) is 10.5 Å². The summed E-state index contributed by atoms with van der Waals surface area (Å²) in [6, 6.07) is 19.6. The molecule has 2 aromatic carbocycles. The molecule has 0 atom stereocenters. The van der Waals surface area contributed by atoms with Gasteiger partial charge in [0, 0.05) is 64.5 Å². The maximum atomic E-state index is 12.8. The average Bonchev–Trinajstić information content (AvgIpc) is 3.86. The lowest BCUT2D eigenvalue weighted by Crippen LogP contribution is -2.32. The average molecular weight is 675 g/mol. The molecule has 0 aliphatic heterocycles. The highest BCUT2D eigenvalue weighted by Crippen LogP contribution is 2.19. The number of H-pyrrole nitrogens is 2. The van der Waals surface area contributed by atoms with Gasteiger partial charge in [-0.1, -0.05) is 49.1 Å². The van der Waals surface area contributed by atoms with Gasteiger partial charge in [0.05, 0.1) is 15.1 Å². The number of para-hydroxylation sites is 2. The van der Waals surface area contributed by atoms with Crippen molar-refractivity contribution < 1.29 is 9.53 Å². The second-order valence-corrected chi connectivity index (χ2v) is 12.3. The Kier molecular flexibility index (Phi) is 10.5. The maximum absolute atomic E-state index is 12.8. The van der Waals surface area contributed by atoms with E-state index in [4.69, 9.17) is 10.00 Å². The number of esters is 1. The zero-order chi connectivity index (χ0) is 34.2. The van der Waals surface area contributed by atoms with Crippen molar-refractivity contribution in [2.75, 3.05) is 6.61 Å². The minimum atomic E-state index is -0.764. The fourth-order valence-electron chi connectivity index (χ4n) is 5.09. The Labute approximate surface area is 282 Å². The molecule has 0 saturated heterocycles. The van der Waals surface area contributed by atoms with Gasteiger partial charge in [-0.3, -0.25) is 18.7 Å². The lowest BCUT2D eigenvalue weighted by Gasteiger charge is -2.00. The molecule has 0 aliphatic carbocycles. The molecule has 4 aromatic heterocycles. The van der Waals surface area contributed by atoms with Crippen molar-refractivity contribution in [1.29, 1.82) is 10.5 Å². The number of nitrogens with zero attached hydrogens (tertiary/aromatic N) is 4. The standard InChI is InChI=1S/C20H17N3O3S.C16H13N3OS/c1-3-9-26-20(25)15(11-21)19-23(4-2)18(24)17(27-19)10-13-12-22-16-8-6-5-7-14(13)16;1-2-19-15(7-8-17)21-14(16(19)20)9-11-10-18-13-6-4-3-5-12(11)13/h3,5-8,10,12,22H,1,4,9H2,2H3;3-7,9-10,18H,2H2,1H3/b17-10?,19-15-;14-9?,15-7+. The summed E-state index contributed by atoms with van der Waals surface area (Å²) in [7, 11) is 0. The number of nitriles is 2. The maximum Gasteiger partial charge on any atom is 0.352 e. The number of carbonyl (C=O) groups is 1. The molecule has 0 aliphatic rings. The van der Waals surface area contributed by atoms with Gasteiger partial charge in [-0.05, 0) is 38.1 Å². The van der Waals surface area contributed by atoms with E-state index in [2.05, 4.69) is 16.5 Å². The number of hydrogen-bond donors (Lipinski definition) is 2. The number of ether oxygens (including phenoxy) is 1. The van der Waals surface area contributed by atoms with Crippen molar-refractivity contribution in [3.63, 3.8) is 0 Å². The van der Waals surface area contributed by atoms with Crippen LogP contribution in [0.5, 0.6) is 0 Å². The number of hydrogen-bond acceptors (Lipinski definition) is 8. The first-order valence-electron chi connectivity index (χ1n) is 14.9. The first-order valence-corrected chi connectivity index (χ1v) is 16.6. The van der Waals surface area contributed by atoms with Crippen molar-refractivity contribution in [2.45, 2.75) is 26.9 Å². The van der Waals surface area contributed by atoms with Crippen LogP contribution in [0, 0.1) is 22.7 Å². The predicted molar refractivity (Wildman–Crippen MR) is 191 cm³/mol. The van der Waals surface area contributed by atoms with Crippen LogP contribution in [0.15, 0.2) is 83.2 Å². The number of benzene rings is 2. The van der Waals surface area contributed by atoms with Crippen LogP contribution in [-0.4, -0.2) is 31.7 Å². The Morgan fingerprint density at radius 1 is 0.875 bits per heavy atom. The van der Waals surface area contributed by atoms with E-state index in [-0.39, 0.29) is 23.3 Å². The highest BCUT2D eigenvalue weighted by Gasteiger charge is 2.16. The van der Waals surface area contributed by atoms with Crippen LogP contribution in [0.1, 0.15) is 25.0 Å². The van der Waals surface area contributed by atoms with Gasteiger partial charge in [0.2, 0.25) is 0 Å². The van der Waals surface area contributed by atoms with E-state index in [1.165, 1.54) is 28.1 Å². The summed E-state index contributed by atoms with van der Waals surface area (Å²) >= 11 is 2.45.